The Balaban J connectivity index is 1.21. The van der Waals surface area contributed by atoms with Crippen LogP contribution in [-0.4, -0.2) is 62.1 Å². The van der Waals surface area contributed by atoms with E-state index in [0.717, 1.165) is 28.2 Å². The standard InChI is InChI=1S/C30H34N6O3/c1-19-26(27-24-9-7-6-8-23(24)20(2)38-27)36-18-21(10-11-25(36)33-19)22-16-31-28(32-17-22)34-12-14-35(15-13-34)29(37)39-30(3,4)5/h6-11,16-18,20,27H,12-15H2,1-5H3/t20-,27-/m0/s1. The number of fused-ring (bicyclic) bond motifs is 2. The van der Waals surface area contributed by atoms with Crippen molar-refractivity contribution in [3.8, 4) is 11.1 Å². The Morgan fingerprint density at radius 2 is 1.67 bits per heavy atom. The monoisotopic (exact) mass is 526 g/mol. The molecule has 3 aromatic heterocycles. The van der Waals surface area contributed by atoms with Crippen LogP contribution < -0.4 is 4.90 Å². The van der Waals surface area contributed by atoms with Crippen molar-refractivity contribution < 1.29 is 14.3 Å². The number of ether oxygens (including phenoxy) is 2. The largest absolute Gasteiger partial charge is 0.444 e. The molecule has 0 spiro atoms. The summed E-state index contributed by atoms with van der Waals surface area (Å²) in [4.78, 5) is 30.4. The summed E-state index contributed by atoms with van der Waals surface area (Å²) in [5.74, 6) is 0.660. The first-order valence-corrected chi connectivity index (χ1v) is 13.5. The lowest BCUT2D eigenvalue weighted by atomic mass is 10.00. The molecule has 0 aliphatic carbocycles. The van der Waals surface area contributed by atoms with Gasteiger partial charge in [-0.3, -0.25) is 0 Å². The van der Waals surface area contributed by atoms with Gasteiger partial charge in [0.2, 0.25) is 5.95 Å². The number of anilines is 1. The molecule has 39 heavy (non-hydrogen) atoms. The minimum Gasteiger partial charge on any atom is -0.444 e. The van der Waals surface area contributed by atoms with Crippen LogP contribution in [-0.2, 0) is 9.47 Å². The molecule has 1 amide bonds. The number of hydrogen-bond donors (Lipinski definition) is 0. The summed E-state index contributed by atoms with van der Waals surface area (Å²) < 4.78 is 14.1. The maximum atomic E-state index is 12.4. The molecular formula is C30H34N6O3. The SMILES string of the molecule is Cc1nc2ccc(-c3cnc(N4CCN(C(=O)OC(C)(C)C)CC4)nc3)cn2c1[C@H]1O[C@@H](C)c2ccccc21. The zero-order chi connectivity index (χ0) is 27.3. The van der Waals surface area contributed by atoms with Gasteiger partial charge < -0.3 is 23.7 Å². The van der Waals surface area contributed by atoms with E-state index >= 15 is 0 Å². The molecule has 2 atom stereocenters. The molecule has 0 bridgehead atoms. The molecule has 2 aliphatic rings. The van der Waals surface area contributed by atoms with E-state index in [1.165, 1.54) is 11.1 Å². The highest BCUT2D eigenvalue weighted by molar-refractivity contribution is 5.68. The number of aromatic nitrogens is 4. The average molecular weight is 527 g/mol. The van der Waals surface area contributed by atoms with E-state index in [9.17, 15) is 4.79 Å². The average Bonchev–Trinajstić information content (AvgIpc) is 3.42. The topological polar surface area (TPSA) is 85.1 Å². The molecule has 0 radical (unpaired) electrons. The quantitative estimate of drug-likeness (QED) is 0.356. The van der Waals surface area contributed by atoms with Crippen molar-refractivity contribution >= 4 is 17.7 Å². The zero-order valence-electron chi connectivity index (χ0n) is 23.1. The highest BCUT2D eigenvalue weighted by Crippen LogP contribution is 2.43. The number of imidazole rings is 1. The molecule has 1 saturated heterocycles. The van der Waals surface area contributed by atoms with E-state index in [1.54, 1.807) is 4.90 Å². The molecule has 9 nitrogen and oxygen atoms in total. The van der Waals surface area contributed by atoms with Crippen LogP contribution in [0.4, 0.5) is 10.7 Å². The molecule has 1 fully saturated rings. The van der Waals surface area contributed by atoms with Crippen molar-refractivity contribution in [3.05, 3.63) is 77.5 Å². The Hall–Kier alpha value is -3.98. The Kier molecular flexibility index (Phi) is 6.26. The van der Waals surface area contributed by atoms with Crippen LogP contribution in [0, 0.1) is 6.92 Å². The fourth-order valence-electron chi connectivity index (χ4n) is 5.40. The van der Waals surface area contributed by atoms with Gasteiger partial charge >= 0.3 is 6.09 Å². The molecule has 0 N–H and O–H groups in total. The van der Waals surface area contributed by atoms with Crippen molar-refractivity contribution in [2.75, 3.05) is 31.1 Å². The van der Waals surface area contributed by atoms with Crippen molar-refractivity contribution in [1.82, 2.24) is 24.3 Å². The Morgan fingerprint density at radius 3 is 2.36 bits per heavy atom. The number of piperazine rings is 1. The highest BCUT2D eigenvalue weighted by Gasteiger charge is 2.33. The second-order valence-electron chi connectivity index (χ2n) is 11.2. The van der Waals surface area contributed by atoms with Crippen LogP contribution in [0.3, 0.4) is 0 Å². The number of carbonyl (C=O) groups is 1. The summed E-state index contributed by atoms with van der Waals surface area (Å²) in [6.07, 6.45) is 5.40. The van der Waals surface area contributed by atoms with Gasteiger partial charge in [0.1, 0.15) is 17.4 Å². The predicted octanol–water partition coefficient (Wildman–Crippen LogP) is 5.34. The first-order chi connectivity index (χ1) is 18.7. The lowest BCUT2D eigenvalue weighted by Gasteiger charge is -2.35. The van der Waals surface area contributed by atoms with Crippen molar-refractivity contribution in [2.45, 2.75) is 52.4 Å². The van der Waals surface area contributed by atoms with E-state index in [0.29, 0.717) is 32.1 Å². The van der Waals surface area contributed by atoms with Gasteiger partial charge in [-0.05, 0) is 57.9 Å². The van der Waals surface area contributed by atoms with Crippen molar-refractivity contribution in [1.29, 1.82) is 0 Å². The molecule has 6 rings (SSSR count). The van der Waals surface area contributed by atoms with Crippen LogP contribution in [0.2, 0.25) is 0 Å². The maximum absolute atomic E-state index is 12.4. The Labute approximate surface area is 228 Å². The van der Waals surface area contributed by atoms with Gasteiger partial charge in [-0.15, -0.1) is 0 Å². The number of amides is 1. The summed E-state index contributed by atoms with van der Waals surface area (Å²) in [5, 5.41) is 0. The molecule has 0 unspecified atom stereocenters. The normalized spacial score (nSPS) is 19.4. The molecule has 5 heterocycles. The lowest BCUT2D eigenvalue weighted by molar-refractivity contribution is 0.0240. The summed E-state index contributed by atoms with van der Waals surface area (Å²) >= 11 is 0. The van der Waals surface area contributed by atoms with E-state index in [-0.39, 0.29) is 18.3 Å². The number of rotatable bonds is 3. The molecule has 1 aromatic carbocycles. The summed E-state index contributed by atoms with van der Waals surface area (Å²) in [6.45, 7) is 12.2. The van der Waals surface area contributed by atoms with Gasteiger partial charge in [0, 0.05) is 55.9 Å². The van der Waals surface area contributed by atoms with Crippen LogP contribution in [0.5, 0.6) is 0 Å². The minimum atomic E-state index is -0.501. The third-order valence-electron chi connectivity index (χ3n) is 7.33. The smallest absolute Gasteiger partial charge is 0.410 e. The molecule has 2 aliphatic heterocycles. The third kappa shape index (κ3) is 4.83. The Bertz CT molecular complexity index is 1520. The minimum absolute atomic E-state index is 0.0336. The van der Waals surface area contributed by atoms with Gasteiger partial charge in [-0.25, -0.2) is 19.7 Å². The molecule has 202 valence electrons. The second kappa shape index (κ2) is 9.64. The number of carbonyl (C=O) groups excluding carboxylic acids is 1. The van der Waals surface area contributed by atoms with Gasteiger partial charge in [0.15, 0.2) is 0 Å². The second-order valence-corrected chi connectivity index (χ2v) is 11.2. The fraction of sp³-hybridized carbons (Fsp3) is 0.400. The van der Waals surface area contributed by atoms with Crippen LogP contribution in [0.1, 0.15) is 62.4 Å². The molecule has 9 heteroatoms. The van der Waals surface area contributed by atoms with Gasteiger partial charge in [0.25, 0.3) is 0 Å². The van der Waals surface area contributed by atoms with Gasteiger partial charge in [0.05, 0.1) is 17.5 Å². The number of pyridine rings is 1. The summed E-state index contributed by atoms with van der Waals surface area (Å²) in [7, 11) is 0. The summed E-state index contributed by atoms with van der Waals surface area (Å²) in [6, 6.07) is 12.5. The molecule has 0 saturated carbocycles. The Morgan fingerprint density at radius 1 is 0.974 bits per heavy atom. The number of aryl methyl sites for hydroxylation is 1. The van der Waals surface area contributed by atoms with Gasteiger partial charge in [-0.2, -0.15) is 0 Å². The van der Waals surface area contributed by atoms with Crippen molar-refractivity contribution in [3.63, 3.8) is 0 Å². The van der Waals surface area contributed by atoms with E-state index < -0.39 is 5.60 Å². The van der Waals surface area contributed by atoms with Crippen LogP contribution in [0.15, 0.2) is 55.0 Å². The van der Waals surface area contributed by atoms with Crippen LogP contribution >= 0.6 is 0 Å². The summed E-state index contributed by atoms with van der Waals surface area (Å²) in [5.41, 5.74) is 6.73. The predicted molar refractivity (Wildman–Crippen MR) is 149 cm³/mol. The van der Waals surface area contributed by atoms with E-state index in [4.69, 9.17) is 14.5 Å². The van der Waals surface area contributed by atoms with E-state index in [2.05, 4.69) is 62.7 Å². The van der Waals surface area contributed by atoms with Gasteiger partial charge in [-0.1, -0.05) is 24.3 Å². The lowest BCUT2D eigenvalue weighted by Crippen LogP contribution is -2.50. The fourth-order valence-corrected chi connectivity index (χ4v) is 5.40. The van der Waals surface area contributed by atoms with Crippen molar-refractivity contribution in [2.24, 2.45) is 0 Å². The number of nitrogens with zero attached hydrogens (tertiary/aromatic N) is 6. The first kappa shape index (κ1) is 25.3. The first-order valence-electron chi connectivity index (χ1n) is 13.5. The van der Waals surface area contributed by atoms with Crippen LogP contribution in [0.25, 0.3) is 16.8 Å². The molecular weight excluding hydrogens is 492 g/mol. The number of hydrogen-bond acceptors (Lipinski definition) is 7. The zero-order valence-corrected chi connectivity index (χ0v) is 23.1. The third-order valence-corrected chi connectivity index (χ3v) is 7.33. The molecule has 4 aromatic rings. The maximum Gasteiger partial charge on any atom is 0.410 e. The number of benzene rings is 1. The van der Waals surface area contributed by atoms with E-state index in [1.807, 2.05) is 46.2 Å². The highest BCUT2D eigenvalue weighted by atomic mass is 16.6.